The first-order valence-electron chi connectivity index (χ1n) is 13.1. The molecule has 1 heterocycles. The van der Waals surface area contributed by atoms with Crippen LogP contribution in [0.25, 0.3) is 0 Å². The number of carbonyl (C=O) groups excluding carboxylic acids is 2. The van der Waals surface area contributed by atoms with Gasteiger partial charge < -0.3 is 20.7 Å². The Hall–Kier alpha value is -4.26. The number of ether oxygens (including phenoxy) is 1. The molecule has 4 rings (SSSR count). The van der Waals surface area contributed by atoms with E-state index in [2.05, 4.69) is 10.0 Å². The topological polar surface area (TPSA) is 181 Å². The quantitative estimate of drug-likeness (QED) is 0.170. The number of nitrogens with one attached hydrogen (secondary N) is 3. The van der Waals surface area contributed by atoms with E-state index in [-0.39, 0.29) is 24.8 Å². The maximum Gasteiger partial charge on any atom is 0.275 e. The summed E-state index contributed by atoms with van der Waals surface area (Å²) in [6, 6.07) is 21.1. The van der Waals surface area contributed by atoms with E-state index in [9.17, 15) is 18.0 Å². The van der Waals surface area contributed by atoms with Gasteiger partial charge >= 0.3 is 0 Å². The monoisotopic (exact) mass is 578 g/mol. The minimum absolute atomic E-state index is 0.106. The molecule has 0 aliphatic carbocycles. The third-order valence-corrected chi connectivity index (χ3v) is 7.68. The van der Waals surface area contributed by atoms with Crippen molar-refractivity contribution in [3.05, 3.63) is 101 Å². The molecule has 2 amide bonds. The van der Waals surface area contributed by atoms with Crippen LogP contribution in [0.4, 0.5) is 0 Å². The first-order valence-corrected chi connectivity index (χ1v) is 14.6. The van der Waals surface area contributed by atoms with E-state index in [0.29, 0.717) is 29.7 Å². The Bertz CT molecular complexity index is 1460. The number of methoxy groups -OCH3 is 1. The SMILES string of the molecule is COc1cc(C(=N)N)ccc1CNC(=O)[C@@H]1CCCN1C(=O)[C@H](NS(N)(=O)=O)C(c1ccccc1)c1ccccc1. The molecule has 1 fully saturated rings. The van der Waals surface area contributed by atoms with Gasteiger partial charge in [-0.05, 0) is 30.0 Å². The van der Waals surface area contributed by atoms with Crippen LogP contribution in [0, 0.1) is 5.41 Å². The molecule has 11 nitrogen and oxygen atoms in total. The van der Waals surface area contributed by atoms with Crippen LogP contribution in [-0.4, -0.2) is 56.7 Å². The summed E-state index contributed by atoms with van der Waals surface area (Å²) in [5, 5.41) is 15.9. The number of hydrogen-bond donors (Lipinski definition) is 5. The molecule has 1 aliphatic heterocycles. The number of nitrogens with two attached hydrogens (primary N) is 2. The maximum absolute atomic E-state index is 14.1. The van der Waals surface area contributed by atoms with Crippen LogP contribution in [0.3, 0.4) is 0 Å². The second-order valence-electron chi connectivity index (χ2n) is 9.79. The summed E-state index contributed by atoms with van der Waals surface area (Å²) in [4.78, 5) is 28.9. The van der Waals surface area contributed by atoms with Gasteiger partial charge in [-0.1, -0.05) is 72.8 Å². The lowest BCUT2D eigenvalue weighted by Crippen LogP contribution is -2.56. The van der Waals surface area contributed by atoms with Crippen LogP contribution < -0.4 is 25.6 Å². The number of hydrogen-bond acceptors (Lipinski definition) is 6. The Kier molecular flexibility index (Phi) is 9.38. The van der Waals surface area contributed by atoms with Crippen molar-refractivity contribution in [2.24, 2.45) is 10.9 Å². The van der Waals surface area contributed by atoms with Crippen LogP contribution in [0.5, 0.6) is 5.75 Å². The molecule has 0 saturated carbocycles. The number of amidine groups is 1. The minimum atomic E-state index is -4.30. The van der Waals surface area contributed by atoms with Crippen LogP contribution in [-0.2, 0) is 26.3 Å². The van der Waals surface area contributed by atoms with Gasteiger partial charge in [0, 0.05) is 30.1 Å². The molecule has 0 unspecified atom stereocenters. The Morgan fingerprint density at radius 1 is 1.05 bits per heavy atom. The molecule has 12 heteroatoms. The summed E-state index contributed by atoms with van der Waals surface area (Å²) in [6.45, 7) is 0.404. The van der Waals surface area contributed by atoms with E-state index in [1.165, 1.54) is 12.0 Å². The normalized spacial score (nSPS) is 15.9. The predicted molar refractivity (Wildman–Crippen MR) is 155 cm³/mol. The number of rotatable bonds is 11. The first kappa shape index (κ1) is 29.7. The highest BCUT2D eigenvalue weighted by Crippen LogP contribution is 2.31. The summed E-state index contributed by atoms with van der Waals surface area (Å²) in [7, 11) is -2.81. The summed E-state index contributed by atoms with van der Waals surface area (Å²) >= 11 is 0. The Labute approximate surface area is 239 Å². The molecule has 41 heavy (non-hydrogen) atoms. The zero-order chi connectivity index (χ0) is 29.6. The fourth-order valence-corrected chi connectivity index (χ4v) is 5.77. The highest BCUT2D eigenvalue weighted by molar-refractivity contribution is 7.87. The van der Waals surface area contributed by atoms with E-state index < -0.39 is 34.1 Å². The van der Waals surface area contributed by atoms with E-state index in [4.69, 9.17) is 21.0 Å². The fraction of sp³-hybridized carbons (Fsp3) is 0.276. The van der Waals surface area contributed by atoms with Crippen molar-refractivity contribution in [3.8, 4) is 5.75 Å². The van der Waals surface area contributed by atoms with Gasteiger partial charge in [0.05, 0.1) is 7.11 Å². The first-order chi connectivity index (χ1) is 19.6. The van der Waals surface area contributed by atoms with Gasteiger partial charge in [-0.25, -0.2) is 5.14 Å². The smallest absolute Gasteiger partial charge is 0.275 e. The van der Waals surface area contributed by atoms with E-state index in [1.54, 1.807) is 18.2 Å². The molecule has 216 valence electrons. The number of benzene rings is 3. The Balaban J connectivity index is 1.60. The zero-order valence-corrected chi connectivity index (χ0v) is 23.4. The number of likely N-dealkylation sites (tertiary alicyclic amines) is 1. The van der Waals surface area contributed by atoms with Crippen molar-refractivity contribution in [2.45, 2.75) is 37.4 Å². The van der Waals surface area contributed by atoms with Crippen LogP contribution in [0.15, 0.2) is 78.9 Å². The lowest BCUT2D eigenvalue weighted by molar-refractivity contribution is -0.140. The van der Waals surface area contributed by atoms with E-state index >= 15 is 0 Å². The van der Waals surface area contributed by atoms with Gasteiger partial charge in [0.15, 0.2) is 0 Å². The summed E-state index contributed by atoms with van der Waals surface area (Å²) in [5.74, 6) is -1.26. The molecule has 0 bridgehead atoms. The molecule has 0 aromatic heterocycles. The van der Waals surface area contributed by atoms with Gasteiger partial charge in [-0.15, -0.1) is 0 Å². The lowest BCUT2D eigenvalue weighted by atomic mass is 9.84. The second kappa shape index (κ2) is 12.9. The number of nitrogen functional groups attached to an aromatic ring is 1. The van der Waals surface area contributed by atoms with E-state index in [0.717, 1.165) is 11.1 Å². The molecule has 0 spiro atoms. The summed E-state index contributed by atoms with van der Waals surface area (Å²) in [5.41, 5.74) is 8.16. The second-order valence-corrected chi connectivity index (χ2v) is 11.1. The zero-order valence-electron chi connectivity index (χ0n) is 22.6. The predicted octanol–water partition coefficient (Wildman–Crippen LogP) is 1.58. The highest BCUT2D eigenvalue weighted by atomic mass is 32.2. The van der Waals surface area contributed by atoms with Gasteiger partial charge in [0.25, 0.3) is 10.2 Å². The maximum atomic E-state index is 14.1. The van der Waals surface area contributed by atoms with Crippen molar-refractivity contribution in [1.29, 1.82) is 5.41 Å². The van der Waals surface area contributed by atoms with Gasteiger partial charge in [0.2, 0.25) is 11.8 Å². The van der Waals surface area contributed by atoms with Gasteiger partial charge in [0.1, 0.15) is 23.7 Å². The summed E-state index contributed by atoms with van der Waals surface area (Å²) in [6.07, 6.45) is 0.991. The Morgan fingerprint density at radius 2 is 1.66 bits per heavy atom. The largest absolute Gasteiger partial charge is 0.496 e. The number of amides is 2. The average molecular weight is 579 g/mol. The summed E-state index contributed by atoms with van der Waals surface area (Å²) < 4.78 is 32.4. The van der Waals surface area contributed by atoms with Gasteiger partial charge in [-0.3, -0.25) is 15.0 Å². The van der Waals surface area contributed by atoms with Crippen molar-refractivity contribution in [3.63, 3.8) is 0 Å². The molecule has 0 radical (unpaired) electrons. The van der Waals surface area contributed by atoms with Crippen molar-refractivity contribution < 1.29 is 22.7 Å². The van der Waals surface area contributed by atoms with Gasteiger partial charge in [-0.2, -0.15) is 13.1 Å². The fourth-order valence-electron chi connectivity index (χ4n) is 5.18. The molecule has 7 N–H and O–H groups in total. The van der Waals surface area contributed by atoms with Crippen molar-refractivity contribution in [2.75, 3.05) is 13.7 Å². The molecular weight excluding hydrogens is 544 g/mol. The highest BCUT2D eigenvalue weighted by Gasteiger charge is 2.42. The standard InChI is InChI=1S/C29H34N6O5S/c1-40-24-17-21(27(30)31)14-15-22(24)18-33-28(36)23-13-8-16-35(23)29(37)26(34-41(32,38)39)25(19-9-4-2-5-10-19)20-11-6-3-7-12-20/h2-7,9-12,14-15,17,23,25-26,34H,8,13,16,18H2,1H3,(H3,30,31)(H,33,36)(H2,32,38,39)/t23-,26+/m0/s1. The van der Waals surface area contributed by atoms with Crippen LogP contribution in [0.2, 0.25) is 0 Å². The minimum Gasteiger partial charge on any atom is -0.496 e. The molecular formula is C29H34N6O5S. The van der Waals surface area contributed by atoms with E-state index in [1.807, 2.05) is 60.7 Å². The lowest BCUT2D eigenvalue weighted by Gasteiger charge is -2.33. The molecule has 3 aromatic carbocycles. The number of nitrogens with zero attached hydrogens (tertiary/aromatic N) is 1. The molecule has 1 aliphatic rings. The third-order valence-electron chi connectivity index (χ3n) is 7.10. The molecule has 1 saturated heterocycles. The average Bonchev–Trinajstić information content (AvgIpc) is 3.46. The molecule has 2 atom stereocenters. The molecule has 3 aromatic rings. The number of carbonyl (C=O) groups is 2. The van der Waals surface area contributed by atoms with Crippen LogP contribution >= 0.6 is 0 Å². The van der Waals surface area contributed by atoms with Crippen molar-refractivity contribution in [1.82, 2.24) is 14.9 Å². The Morgan fingerprint density at radius 3 is 2.20 bits per heavy atom. The van der Waals surface area contributed by atoms with Crippen molar-refractivity contribution >= 4 is 27.9 Å². The third kappa shape index (κ3) is 7.28. The van der Waals surface area contributed by atoms with Crippen LogP contribution in [0.1, 0.15) is 41.0 Å².